The summed E-state index contributed by atoms with van der Waals surface area (Å²) in [7, 11) is -3.55. The first kappa shape index (κ1) is 21.5. The first-order valence-corrected chi connectivity index (χ1v) is 11.6. The van der Waals surface area contributed by atoms with Crippen LogP contribution in [0.15, 0.2) is 41.4 Å². The topological polar surface area (TPSA) is 70.4 Å². The van der Waals surface area contributed by atoms with Crippen molar-refractivity contribution in [1.29, 1.82) is 0 Å². The Morgan fingerprint density at radius 1 is 1.10 bits per heavy atom. The van der Waals surface area contributed by atoms with Gasteiger partial charge in [-0.1, -0.05) is 19.4 Å². The number of aryl methyl sites for hydroxylation is 3. The van der Waals surface area contributed by atoms with E-state index in [4.69, 9.17) is 0 Å². The second-order valence-electron chi connectivity index (χ2n) is 7.65. The van der Waals surface area contributed by atoms with E-state index in [-0.39, 0.29) is 17.3 Å². The Kier molecular flexibility index (Phi) is 6.70. The molecule has 1 aromatic heterocycles. The molecule has 1 aromatic carbocycles. The molecule has 0 spiro atoms. The minimum atomic E-state index is -3.55. The van der Waals surface area contributed by atoms with Crippen molar-refractivity contribution >= 4 is 21.6 Å². The van der Waals surface area contributed by atoms with Crippen LogP contribution >= 0.6 is 0 Å². The van der Waals surface area contributed by atoms with E-state index >= 15 is 0 Å². The minimum Gasteiger partial charge on any atom is -0.321 e. The quantitative estimate of drug-likeness (QED) is 0.736. The van der Waals surface area contributed by atoms with Crippen LogP contribution < -0.4 is 9.88 Å². The van der Waals surface area contributed by atoms with Crippen molar-refractivity contribution in [2.45, 2.75) is 57.9 Å². The second-order valence-corrected chi connectivity index (χ2v) is 9.56. The molecular weight excluding hydrogens is 386 g/mol. The van der Waals surface area contributed by atoms with Gasteiger partial charge in [0.1, 0.15) is 0 Å². The number of sulfonamides is 1. The van der Waals surface area contributed by atoms with Crippen molar-refractivity contribution < 1.29 is 17.8 Å². The predicted molar refractivity (Wildman–Crippen MR) is 113 cm³/mol. The number of anilines is 1. The van der Waals surface area contributed by atoms with E-state index in [1.54, 1.807) is 29.4 Å². The van der Waals surface area contributed by atoms with Gasteiger partial charge in [0.05, 0.1) is 4.90 Å². The fraction of sp³-hybridized carbons (Fsp3) is 0.455. The first-order chi connectivity index (χ1) is 13.8. The molecule has 1 amide bonds. The fourth-order valence-corrected chi connectivity index (χ4v) is 5.37. The van der Waals surface area contributed by atoms with Gasteiger partial charge in [-0.15, -0.1) is 0 Å². The monoisotopic (exact) mass is 416 g/mol. The van der Waals surface area contributed by atoms with Crippen LogP contribution in [0.1, 0.15) is 43.0 Å². The molecule has 1 aliphatic rings. The summed E-state index contributed by atoms with van der Waals surface area (Å²) in [4.78, 5) is 12.9. The smallest absolute Gasteiger partial charge is 0.290 e. The average molecular weight is 417 g/mol. The van der Waals surface area contributed by atoms with Crippen molar-refractivity contribution in [1.82, 2.24) is 4.31 Å². The van der Waals surface area contributed by atoms with E-state index in [2.05, 4.69) is 18.3 Å². The lowest BCUT2D eigenvalue weighted by molar-refractivity contribution is -0.690. The molecule has 2 aromatic rings. The largest absolute Gasteiger partial charge is 0.321 e. The Balaban J connectivity index is 1.78. The second kappa shape index (κ2) is 9.05. The van der Waals surface area contributed by atoms with Crippen LogP contribution in [0.25, 0.3) is 0 Å². The normalized spacial score (nSPS) is 15.3. The number of nitrogens with one attached hydrogen (secondary N) is 1. The van der Waals surface area contributed by atoms with E-state index < -0.39 is 10.0 Å². The van der Waals surface area contributed by atoms with Crippen molar-refractivity contribution in [2.24, 2.45) is 0 Å². The van der Waals surface area contributed by atoms with Crippen LogP contribution in [0.5, 0.6) is 0 Å². The third-order valence-electron chi connectivity index (χ3n) is 5.44. The fourth-order valence-electron chi connectivity index (χ4n) is 3.60. The van der Waals surface area contributed by atoms with Crippen LogP contribution in [0.2, 0.25) is 0 Å². The lowest BCUT2D eigenvalue weighted by atomic mass is 10.2. The Hall–Kier alpha value is -2.25. The predicted octanol–water partition coefficient (Wildman–Crippen LogP) is 2.97. The minimum absolute atomic E-state index is 0.182. The number of carbonyl (C=O) groups is 1. The summed E-state index contributed by atoms with van der Waals surface area (Å²) in [6.45, 7) is 7.12. The summed E-state index contributed by atoms with van der Waals surface area (Å²) in [5.41, 5.74) is 3.35. The molecule has 0 radical (unpaired) electrons. The molecule has 0 atom stereocenters. The number of amides is 1. The van der Waals surface area contributed by atoms with Gasteiger partial charge < -0.3 is 5.32 Å². The van der Waals surface area contributed by atoms with Crippen LogP contribution in [0, 0.1) is 13.8 Å². The van der Waals surface area contributed by atoms with E-state index in [0.29, 0.717) is 24.3 Å². The van der Waals surface area contributed by atoms with E-state index in [1.165, 1.54) is 0 Å². The molecule has 0 saturated carbocycles. The number of benzene rings is 1. The zero-order valence-corrected chi connectivity index (χ0v) is 18.3. The summed E-state index contributed by atoms with van der Waals surface area (Å²) in [6.07, 6.45) is 5.73. The molecule has 2 heterocycles. The van der Waals surface area contributed by atoms with Crippen molar-refractivity contribution in [3.05, 3.63) is 53.3 Å². The highest BCUT2D eigenvalue weighted by molar-refractivity contribution is 7.89. The van der Waals surface area contributed by atoms with Gasteiger partial charge in [-0.2, -0.15) is 8.87 Å². The Labute approximate surface area is 173 Å². The molecular formula is C22H30N3O3S+. The zero-order valence-electron chi connectivity index (χ0n) is 17.4. The molecule has 1 aliphatic heterocycles. The lowest BCUT2D eigenvalue weighted by Gasteiger charge is -2.26. The lowest BCUT2D eigenvalue weighted by Crippen LogP contribution is -2.43. The molecule has 0 unspecified atom stereocenters. The van der Waals surface area contributed by atoms with Gasteiger partial charge in [-0.05, 0) is 49.9 Å². The standard InChI is InChI=1S/C22H29N3O3S/c1-4-19-10-9-18(3)24(15-19)16-22(26)23-20-11-8-17(2)21(14-20)29(27,28)25-12-6-5-7-13-25/h8-11,14-15H,4-7,12-13,16H2,1-3H3/p+1. The van der Waals surface area contributed by atoms with Gasteiger partial charge in [0.2, 0.25) is 16.6 Å². The Bertz CT molecular complexity index is 996. The van der Waals surface area contributed by atoms with Crippen molar-refractivity contribution in [3.8, 4) is 0 Å². The van der Waals surface area contributed by atoms with E-state index in [9.17, 15) is 13.2 Å². The highest BCUT2D eigenvalue weighted by Crippen LogP contribution is 2.26. The Morgan fingerprint density at radius 2 is 1.83 bits per heavy atom. The van der Waals surface area contributed by atoms with Gasteiger partial charge in [0.15, 0.2) is 11.9 Å². The Morgan fingerprint density at radius 3 is 2.52 bits per heavy atom. The number of aromatic nitrogens is 1. The average Bonchev–Trinajstić information content (AvgIpc) is 2.71. The maximum absolute atomic E-state index is 13.1. The van der Waals surface area contributed by atoms with Crippen LogP contribution in [-0.4, -0.2) is 31.7 Å². The molecule has 0 aliphatic carbocycles. The first-order valence-electron chi connectivity index (χ1n) is 10.2. The third-order valence-corrected chi connectivity index (χ3v) is 7.48. The van der Waals surface area contributed by atoms with Crippen LogP contribution in [0.3, 0.4) is 0 Å². The van der Waals surface area contributed by atoms with Gasteiger partial charge >= 0.3 is 0 Å². The summed E-state index contributed by atoms with van der Waals surface area (Å²) in [5.74, 6) is -0.184. The summed E-state index contributed by atoms with van der Waals surface area (Å²) in [5, 5.41) is 2.86. The molecule has 3 rings (SSSR count). The molecule has 29 heavy (non-hydrogen) atoms. The number of nitrogens with zero attached hydrogens (tertiary/aromatic N) is 2. The summed E-state index contributed by atoms with van der Waals surface area (Å²) in [6, 6.07) is 9.14. The van der Waals surface area contributed by atoms with Crippen LogP contribution in [-0.2, 0) is 27.8 Å². The number of piperidine rings is 1. The number of hydrogen-bond acceptors (Lipinski definition) is 3. The molecule has 0 bridgehead atoms. The maximum atomic E-state index is 13.1. The van der Waals surface area contributed by atoms with Gasteiger partial charge in [-0.3, -0.25) is 4.79 Å². The number of rotatable bonds is 6. The number of pyridine rings is 1. The van der Waals surface area contributed by atoms with Crippen molar-refractivity contribution in [2.75, 3.05) is 18.4 Å². The van der Waals surface area contributed by atoms with Gasteiger partial charge in [0.25, 0.3) is 5.91 Å². The number of carbonyl (C=O) groups excluding carboxylic acids is 1. The highest BCUT2D eigenvalue weighted by atomic mass is 32.2. The maximum Gasteiger partial charge on any atom is 0.290 e. The number of hydrogen-bond donors (Lipinski definition) is 1. The van der Waals surface area contributed by atoms with Crippen molar-refractivity contribution in [3.63, 3.8) is 0 Å². The van der Waals surface area contributed by atoms with Gasteiger partial charge in [0, 0.05) is 37.3 Å². The molecule has 1 N–H and O–H groups in total. The highest BCUT2D eigenvalue weighted by Gasteiger charge is 2.27. The summed E-state index contributed by atoms with van der Waals surface area (Å²) >= 11 is 0. The van der Waals surface area contributed by atoms with E-state index in [0.717, 1.165) is 36.9 Å². The third kappa shape index (κ3) is 5.03. The SMILES string of the molecule is CCc1ccc(C)[n+](CC(=O)Nc2ccc(C)c(S(=O)(=O)N3CCCCC3)c2)c1. The van der Waals surface area contributed by atoms with Crippen LogP contribution in [0.4, 0.5) is 5.69 Å². The van der Waals surface area contributed by atoms with Gasteiger partial charge in [-0.25, -0.2) is 8.42 Å². The molecule has 6 nitrogen and oxygen atoms in total. The zero-order chi connectivity index (χ0) is 21.0. The molecule has 1 saturated heterocycles. The molecule has 1 fully saturated rings. The molecule has 7 heteroatoms. The molecule has 156 valence electrons. The van der Waals surface area contributed by atoms with E-state index in [1.807, 2.05) is 23.8 Å². The summed E-state index contributed by atoms with van der Waals surface area (Å²) < 4.78 is 29.6.